The third-order valence-electron chi connectivity index (χ3n) is 2.83. The lowest BCUT2D eigenvalue weighted by Crippen LogP contribution is -2.24. The minimum absolute atomic E-state index is 0.0399. The molecule has 0 saturated heterocycles. The van der Waals surface area contributed by atoms with Gasteiger partial charge < -0.3 is 5.11 Å². The van der Waals surface area contributed by atoms with Gasteiger partial charge in [-0.05, 0) is 11.6 Å². The van der Waals surface area contributed by atoms with Crippen LogP contribution in [0.2, 0.25) is 5.02 Å². The number of hydrogen-bond acceptors (Lipinski definition) is 3. The van der Waals surface area contributed by atoms with Gasteiger partial charge >= 0.3 is 0 Å². The molecule has 1 aromatic carbocycles. The van der Waals surface area contributed by atoms with Gasteiger partial charge in [-0.25, -0.2) is 4.68 Å². The Labute approximate surface area is 116 Å². The summed E-state index contributed by atoms with van der Waals surface area (Å²) < 4.78 is 1.32. The van der Waals surface area contributed by atoms with Crippen LogP contribution in [-0.4, -0.2) is 14.9 Å². The number of halogens is 1. The molecule has 0 aliphatic rings. The first-order valence-corrected chi connectivity index (χ1v) is 6.41. The fourth-order valence-electron chi connectivity index (χ4n) is 1.81. The summed E-state index contributed by atoms with van der Waals surface area (Å²) in [6, 6.07) is 8.50. The molecule has 2 rings (SSSR count). The van der Waals surface area contributed by atoms with Crippen LogP contribution in [0.25, 0.3) is 0 Å². The lowest BCUT2D eigenvalue weighted by Gasteiger charge is -2.11. The van der Waals surface area contributed by atoms with E-state index in [1.165, 1.54) is 10.7 Å². The Kier molecular flexibility index (Phi) is 3.90. The average molecular weight is 279 g/mol. The fraction of sp³-hybridized carbons (Fsp3) is 0.286. The van der Waals surface area contributed by atoms with Crippen LogP contribution < -0.4 is 5.56 Å². The summed E-state index contributed by atoms with van der Waals surface area (Å²) >= 11 is 6.07. The van der Waals surface area contributed by atoms with Crippen LogP contribution in [0, 0.1) is 0 Å². The van der Waals surface area contributed by atoms with Crippen molar-refractivity contribution in [1.82, 2.24) is 9.78 Å². The minimum atomic E-state index is -0.346. The van der Waals surface area contributed by atoms with Crippen LogP contribution in [0.3, 0.4) is 0 Å². The fourth-order valence-corrected chi connectivity index (χ4v) is 2.00. The van der Waals surface area contributed by atoms with Crippen molar-refractivity contribution in [3.8, 4) is 5.75 Å². The highest BCUT2D eigenvalue weighted by molar-refractivity contribution is 6.31. The summed E-state index contributed by atoms with van der Waals surface area (Å²) in [7, 11) is 0. The van der Waals surface area contributed by atoms with Crippen LogP contribution in [0.1, 0.15) is 31.0 Å². The van der Waals surface area contributed by atoms with Gasteiger partial charge in [0.2, 0.25) is 0 Å². The van der Waals surface area contributed by atoms with E-state index in [-0.39, 0.29) is 17.2 Å². The average Bonchev–Trinajstić information content (AvgIpc) is 2.34. The Balaban J connectivity index is 2.43. The van der Waals surface area contributed by atoms with Gasteiger partial charge in [0.05, 0.1) is 6.54 Å². The number of aromatic hydroxyl groups is 1. The highest BCUT2D eigenvalue weighted by Gasteiger charge is 2.12. The van der Waals surface area contributed by atoms with Gasteiger partial charge in [0.1, 0.15) is 11.4 Å². The van der Waals surface area contributed by atoms with E-state index in [4.69, 9.17) is 11.6 Å². The highest BCUT2D eigenvalue weighted by Crippen LogP contribution is 2.21. The van der Waals surface area contributed by atoms with E-state index in [1.807, 2.05) is 32.0 Å². The van der Waals surface area contributed by atoms with Crippen molar-refractivity contribution in [2.24, 2.45) is 0 Å². The molecule has 0 saturated carbocycles. The highest BCUT2D eigenvalue weighted by atomic mass is 35.5. The van der Waals surface area contributed by atoms with E-state index in [9.17, 15) is 9.90 Å². The lowest BCUT2D eigenvalue weighted by atomic mass is 10.1. The first-order valence-electron chi connectivity index (χ1n) is 6.03. The van der Waals surface area contributed by atoms with Gasteiger partial charge in [0.25, 0.3) is 5.56 Å². The molecule has 0 aliphatic carbocycles. The van der Waals surface area contributed by atoms with E-state index >= 15 is 0 Å². The van der Waals surface area contributed by atoms with E-state index in [0.29, 0.717) is 17.3 Å². The zero-order valence-electron chi connectivity index (χ0n) is 10.8. The molecule has 0 amide bonds. The molecular formula is C14H15ClN2O2. The smallest absolute Gasteiger partial charge is 0.270 e. The lowest BCUT2D eigenvalue weighted by molar-refractivity contribution is 0.445. The molecule has 19 heavy (non-hydrogen) atoms. The van der Waals surface area contributed by atoms with Crippen molar-refractivity contribution in [2.45, 2.75) is 26.3 Å². The van der Waals surface area contributed by atoms with Crippen LogP contribution in [0.5, 0.6) is 5.75 Å². The van der Waals surface area contributed by atoms with Crippen molar-refractivity contribution in [3.05, 3.63) is 57.0 Å². The molecule has 1 N–H and O–H groups in total. The Morgan fingerprint density at radius 3 is 2.68 bits per heavy atom. The predicted molar refractivity (Wildman–Crippen MR) is 74.8 cm³/mol. The summed E-state index contributed by atoms with van der Waals surface area (Å²) in [5.74, 6) is -0.0199. The molecule has 100 valence electrons. The largest absolute Gasteiger partial charge is 0.506 e. The van der Waals surface area contributed by atoms with Crippen LogP contribution >= 0.6 is 11.6 Å². The molecule has 4 nitrogen and oxygen atoms in total. The van der Waals surface area contributed by atoms with Gasteiger partial charge in [-0.1, -0.05) is 43.6 Å². The summed E-state index contributed by atoms with van der Waals surface area (Å²) in [5.41, 5.74) is 0.979. The summed E-state index contributed by atoms with van der Waals surface area (Å²) in [4.78, 5) is 11.8. The van der Waals surface area contributed by atoms with Crippen molar-refractivity contribution >= 4 is 11.6 Å². The van der Waals surface area contributed by atoms with Crippen molar-refractivity contribution in [1.29, 1.82) is 0 Å². The number of hydrogen-bond donors (Lipinski definition) is 1. The van der Waals surface area contributed by atoms with E-state index in [2.05, 4.69) is 5.10 Å². The molecule has 5 heteroatoms. The van der Waals surface area contributed by atoms with E-state index in [0.717, 1.165) is 5.56 Å². The molecule has 2 aromatic rings. The van der Waals surface area contributed by atoms with Crippen LogP contribution in [0.4, 0.5) is 0 Å². The Morgan fingerprint density at radius 2 is 2.05 bits per heavy atom. The molecule has 0 atom stereocenters. The second-order valence-electron chi connectivity index (χ2n) is 4.66. The Morgan fingerprint density at radius 1 is 1.37 bits per heavy atom. The zero-order valence-corrected chi connectivity index (χ0v) is 11.6. The van der Waals surface area contributed by atoms with E-state index < -0.39 is 0 Å². The van der Waals surface area contributed by atoms with E-state index in [1.54, 1.807) is 6.07 Å². The SMILES string of the molecule is CC(C)c1nn(Cc2ccccc2Cl)c(=O)cc1O. The van der Waals surface area contributed by atoms with Crippen molar-refractivity contribution in [2.75, 3.05) is 0 Å². The number of benzene rings is 1. The first-order chi connectivity index (χ1) is 8.99. The first kappa shape index (κ1) is 13.6. The molecule has 1 aromatic heterocycles. The maximum absolute atomic E-state index is 11.8. The van der Waals surface area contributed by atoms with Gasteiger partial charge in [-0.15, -0.1) is 0 Å². The Hall–Kier alpha value is -1.81. The summed E-state index contributed by atoms with van der Waals surface area (Å²) in [5, 5.41) is 14.5. The molecule has 0 aliphatic heterocycles. The molecule has 0 bridgehead atoms. The van der Waals surface area contributed by atoms with Crippen molar-refractivity contribution < 1.29 is 5.11 Å². The van der Waals surface area contributed by atoms with Crippen LogP contribution in [0.15, 0.2) is 35.1 Å². The van der Waals surface area contributed by atoms with Gasteiger partial charge in [0.15, 0.2) is 0 Å². The molecule has 1 heterocycles. The quantitative estimate of drug-likeness (QED) is 0.939. The third-order valence-corrected chi connectivity index (χ3v) is 3.20. The normalized spacial score (nSPS) is 10.9. The second kappa shape index (κ2) is 5.45. The number of aromatic nitrogens is 2. The maximum atomic E-state index is 11.8. The molecular weight excluding hydrogens is 264 g/mol. The topological polar surface area (TPSA) is 55.1 Å². The predicted octanol–water partition coefficient (Wildman–Crippen LogP) is 2.77. The van der Waals surface area contributed by atoms with Gasteiger partial charge in [-0.3, -0.25) is 4.79 Å². The molecule has 0 radical (unpaired) electrons. The number of nitrogens with zero attached hydrogens (tertiary/aromatic N) is 2. The summed E-state index contributed by atoms with van der Waals surface area (Å²) in [6.45, 7) is 4.11. The summed E-state index contributed by atoms with van der Waals surface area (Å²) in [6.07, 6.45) is 0. The molecule has 0 fully saturated rings. The third kappa shape index (κ3) is 2.96. The standard InChI is InChI=1S/C14H15ClN2O2/c1-9(2)14-12(18)7-13(19)17(16-14)8-10-5-3-4-6-11(10)15/h3-7,9,18H,8H2,1-2H3. The number of rotatable bonds is 3. The monoisotopic (exact) mass is 278 g/mol. The minimum Gasteiger partial charge on any atom is -0.506 e. The van der Waals surface area contributed by atoms with Crippen LogP contribution in [-0.2, 0) is 6.54 Å². The molecule has 0 unspecified atom stereocenters. The maximum Gasteiger partial charge on any atom is 0.270 e. The van der Waals surface area contributed by atoms with Gasteiger partial charge in [0, 0.05) is 17.0 Å². The second-order valence-corrected chi connectivity index (χ2v) is 5.06. The zero-order chi connectivity index (χ0) is 14.0. The molecule has 0 spiro atoms. The Bertz CT molecular complexity index is 650. The van der Waals surface area contributed by atoms with Crippen molar-refractivity contribution in [3.63, 3.8) is 0 Å². The van der Waals surface area contributed by atoms with Gasteiger partial charge in [-0.2, -0.15) is 5.10 Å².